The van der Waals surface area contributed by atoms with Crippen LogP contribution in [0.2, 0.25) is 0 Å². The van der Waals surface area contributed by atoms with Crippen LogP contribution in [0.3, 0.4) is 0 Å². The summed E-state index contributed by atoms with van der Waals surface area (Å²) in [7, 11) is 0. The number of hydrogen-bond donors (Lipinski definition) is 3. The van der Waals surface area contributed by atoms with Gasteiger partial charge in [-0.15, -0.1) is 0 Å². The molecule has 7 nitrogen and oxygen atoms in total. The molecule has 25 heavy (non-hydrogen) atoms. The van der Waals surface area contributed by atoms with E-state index < -0.39 is 29.7 Å². The van der Waals surface area contributed by atoms with Crippen molar-refractivity contribution in [2.45, 2.75) is 24.9 Å². The van der Waals surface area contributed by atoms with Crippen LogP contribution in [-0.4, -0.2) is 38.6 Å². The molecule has 1 saturated heterocycles. The number of nitrogens with zero attached hydrogens (tertiary/aromatic N) is 1. The van der Waals surface area contributed by atoms with Crippen LogP contribution in [0.25, 0.3) is 0 Å². The molecule has 0 amide bonds. The molecule has 1 aliphatic heterocycles. The fourth-order valence-electron chi connectivity index (χ4n) is 2.51. The molecule has 8 heteroatoms. The minimum atomic E-state index is -0.879. The first-order valence-electron chi connectivity index (χ1n) is 7.55. The van der Waals surface area contributed by atoms with Gasteiger partial charge in [0.2, 0.25) is 0 Å². The van der Waals surface area contributed by atoms with Crippen molar-refractivity contribution in [1.29, 1.82) is 0 Å². The van der Waals surface area contributed by atoms with Gasteiger partial charge in [-0.3, -0.25) is 14.3 Å². The predicted molar refractivity (Wildman–Crippen MR) is 98.1 cm³/mol. The van der Waals surface area contributed by atoms with Crippen LogP contribution in [0.5, 0.6) is 0 Å². The Bertz CT molecular complexity index is 938. The van der Waals surface area contributed by atoms with Crippen LogP contribution in [0.4, 0.5) is 0 Å². The van der Waals surface area contributed by atoms with Gasteiger partial charge in [0.15, 0.2) is 0 Å². The van der Waals surface area contributed by atoms with Gasteiger partial charge in [-0.1, -0.05) is 11.8 Å². The van der Waals surface area contributed by atoms with Gasteiger partial charge in [0.25, 0.3) is 5.56 Å². The van der Waals surface area contributed by atoms with Crippen LogP contribution >= 0.6 is 22.6 Å². The van der Waals surface area contributed by atoms with Crippen LogP contribution < -0.4 is 11.2 Å². The Labute approximate surface area is 156 Å². The summed E-state index contributed by atoms with van der Waals surface area (Å²) < 4.78 is 7.71. The summed E-state index contributed by atoms with van der Waals surface area (Å²) in [6.45, 7) is -0.352. The second-order valence-electron chi connectivity index (χ2n) is 5.58. The zero-order valence-electron chi connectivity index (χ0n) is 13.0. The Morgan fingerprint density at radius 2 is 2.00 bits per heavy atom. The summed E-state index contributed by atoms with van der Waals surface area (Å²) in [6, 6.07) is 7.47. The summed E-state index contributed by atoms with van der Waals surface area (Å²) in [5.74, 6) is 5.63. The molecule has 130 valence electrons. The van der Waals surface area contributed by atoms with E-state index in [1.165, 1.54) is 10.8 Å². The second kappa shape index (κ2) is 7.53. The van der Waals surface area contributed by atoms with Gasteiger partial charge >= 0.3 is 5.69 Å². The first-order valence-corrected chi connectivity index (χ1v) is 8.63. The molecule has 2 aromatic rings. The number of aromatic amines is 1. The average molecular weight is 454 g/mol. The highest BCUT2D eigenvalue weighted by atomic mass is 127. The maximum Gasteiger partial charge on any atom is 0.330 e. The molecule has 3 atom stereocenters. The molecule has 2 heterocycles. The molecule has 0 saturated carbocycles. The van der Waals surface area contributed by atoms with Crippen LogP contribution in [0.15, 0.2) is 40.1 Å². The third-order valence-corrected chi connectivity index (χ3v) is 4.57. The number of aromatic nitrogens is 2. The van der Waals surface area contributed by atoms with E-state index in [0.717, 1.165) is 9.13 Å². The highest BCUT2D eigenvalue weighted by molar-refractivity contribution is 14.1. The standard InChI is InChI=1S/C17H15IN2O5/c18-12-5-2-10(3-6-12)1-4-11-8-20(17(24)19-16(11)23)15-7-13(22)14(9-21)25-15/h2-3,5-6,8,13-15,21-22H,7,9H2,(H,19,23,24)/t13-,14-,15-/m1/s1. The van der Waals surface area contributed by atoms with Crippen molar-refractivity contribution >= 4 is 22.6 Å². The van der Waals surface area contributed by atoms with Gasteiger partial charge in [-0.05, 0) is 46.9 Å². The highest BCUT2D eigenvalue weighted by Crippen LogP contribution is 2.27. The molecule has 0 unspecified atom stereocenters. The van der Waals surface area contributed by atoms with E-state index in [9.17, 15) is 14.7 Å². The highest BCUT2D eigenvalue weighted by Gasteiger charge is 2.35. The molecular weight excluding hydrogens is 439 g/mol. The monoisotopic (exact) mass is 454 g/mol. The molecule has 3 N–H and O–H groups in total. The predicted octanol–water partition coefficient (Wildman–Crippen LogP) is 0.182. The molecule has 0 aliphatic carbocycles. The number of benzene rings is 1. The summed E-state index contributed by atoms with van der Waals surface area (Å²) in [4.78, 5) is 26.2. The summed E-state index contributed by atoms with van der Waals surface area (Å²) in [5, 5.41) is 19.0. The Balaban J connectivity index is 1.93. The third kappa shape index (κ3) is 4.01. The smallest absolute Gasteiger partial charge is 0.330 e. The number of nitrogens with one attached hydrogen (secondary N) is 1. The van der Waals surface area contributed by atoms with Crippen molar-refractivity contribution in [3.05, 3.63) is 66.0 Å². The van der Waals surface area contributed by atoms with Gasteiger partial charge in [-0.2, -0.15) is 0 Å². The van der Waals surface area contributed by atoms with E-state index in [1.807, 2.05) is 24.3 Å². The lowest BCUT2D eigenvalue weighted by Gasteiger charge is -2.14. The number of hydrogen-bond acceptors (Lipinski definition) is 5. The van der Waals surface area contributed by atoms with E-state index in [0.29, 0.717) is 0 Å². The Kier molecular flexibility index (Phi) is 5.39. The Morgan fingerprint density at radius 1 is 1.28 bits per heavy atom. The van der Waals surface area contributed by atoms with E-state index >= 15 is 0 Å². The normalized spacial score (nSPS) is 22.4. The Morgan fingerprint density at radius 3 is 2.64 bits per heavy atom. The number of H-pyrrole nitrogens is 1. The maximum atomic E-state index is 12.0. The first-order chi connectivity index (χ1) is 12.0. The molecule has 0 radical (unpaired) electrons. The van der Waals surface area contributed by atoms with Crippen molar-refractivity contribution in [3.8, 4) is 11.8 Å². The quantitative estimate of drug-likeness (QED) is 0.444. The van der Waals surface area contributed by atoms with Crippen molar-refractivity contribution in [2.75, 3.05) is 6.61 Å². The summed E-state index contributed by atoms with van der Waals surface area (Å²) in [5.41, 5.74) is -0.383. The lowest BCUT2D eigenvalue weighted by molar-refractivity contribution is -0.0459. The van der Waals surface area contributed by atoms with Gasteiger partial charge in [-0.25, -0.2) is 4.79 Å². The van der Waals surface area contributed by atoms with Gasteiger partial charge < -0.3 is 14.9 Å². The van der Waals surface area contributed by atoms with Crippen LogP contribution in [0, 0.1) is 15.4 Å². The molecule has 1 aliphatic rings. The van der Waals surface area contributed by atoms with Gasteiger partial charge in [0.05, 0.1) is 12.7 Å². The topological polar surface area (TPSA) is 105 Å². The van der Waals surface area contributed by atoms with E-state index in [4.69, 9.17) is 9.84 Å². The molecule has 1 aromatic heterocycles. The molecule has 0 spiro atoms. The number of aliphatic hydroxyl groups excluding tert-OH is 2. The summed E-state index contributed by atoms with van der Waals surface area (Å²) in [6.07, 6.45) is -0.949. The fraction of sp³-hybridized carbons (Fsp3) is 0.294. The molecule has 3 rings (SSSR count). The lowest BCUT2D eigenvalue weighted by Crippen LogP contribution is -2.33. The number of halogens is 1. The Hall–Kier alpha value is -1.93. The summed E-state index contributed by atoms with van der Waals surface area (Å²) >= 11 is 2.18. The van der Waals surface area contributed by atoms with Crippen LogP contribution in [-0.2, 0) is 4.74 Å². The van der Waals surface area contributed by atoms with E-state index in [2.05, 4.69) is 39.4 Å². The third-order valence-electron chi connectivity index (χ3n) is 3.85. The number of aliphatic hydroxyl groups is 2. The zero-order valence-corrected chi connectivity index (χ0v) is 15.1. The molecular formula is C17H15IN2O5. The zero-order chi connectivity index (χ0) is 18.0. The fourth-order valence-corrected chi connectivity index (χ4v) is 2.87. The largest absolute Gasteiger partial charge is 0.394 e. The van der Waals surface area contributed by atoms with Crippen molar-refractivity contribution < 1.29 is 14.9 Å². The van der Waals surface area contributed by atoms with Gasteiger partial charge in [0, 0.05) is 21.8 Å². The molecule has 0 bridgehead atoms. The number of ether oxygens (including phenoxy) is 1. The molecule has 1 fully saturated rings. The minimum absolute atomic E-state index is 0.115. The van der Waals surface area contributed by atoms with E-state index in [-0.39, 0.29) is 18.6 Å². The van der Waals surface area contributed by atoms with Gasteiger partial charge in [0.1, 0.15) is 17.9 Å². The SMILES string of the molecule is O=c1[nH]c(=O)n([C@H]2C[C@@H](O)[C@@H](CO)O2)cc1C#Cc1ccc(I)cc1. The van der Waals surface area contributed by atoms with Crippen molar-refractivity contribution in [3.63, 3.8) is 0 Å². The van der Waals surface area contributed by atoms with Crippen molar-refractivity contribution in [2.24, 2.45) is 0 Å². The minimum Gasteiger partial charge on any atom is -0.394 e. The second-order valence-corrected chi connectivity index (χ2v) is 6.83. The first kappa shape index (κ1) is 17.9. The van der Waals surface area contributed by atoms with Crippen LogP contribution in [0.1, 0.15) is 23.8 Å². The average Bonchev–Trinajstić information content (AvgIpc) is 2.96. The maximum absolute atomic E-state index is 12.0. The van der Waals surface area contributed by atoms with E-state index in [1.54, 1.807) is 0 Å². The lowest BCUT2D eigenvalue weighted by atomic mass is 10.2. The van der Waals surface area contributed by atoms with Crippen molar-refractivity contribution in [1.82, 2.24) is 9.55 Å². The number of rotatable bonds is 2. The molecule has 1 aromatic carbocycles.